The van der Waals surface area contributed by atoms with Gasteiger partial charge in [0.05, 0.1) is 17.7 Å². The number of carbonyl (C=O) groups is 2. The number of carbonyl (C=O) groups excluding carboxylic acids is 2. The summed E-state index contributed by atoms with van der Waals surface area (Å²) < 4.78 is 4.87. The first-order valence-electron chi connectivity index (χ1n) is 7.31. The van der Waals surface area contributed by atoms with Gasteiger partial charge in [-0.3, -0.25) is 14.6 Å². The molecule has 1 heterocycles. The molecule has 0 spiro atoms. The van der Waals surface area contributed by atoms with Crippen molar-refractivity contribution in [2.75, 3.05) is 25.6 Å². The summed E-state index contributed by atoms with van der Waals surface area (Å²) in [6.07, 6.45) is 2.80. The maximum absolute atomic E-state index is 12.3. The van der Waals surface area contributed by atoms with Crippen LogP contribution in [0.1, 0.15) is 26.3 Å². The van der Waals surface area contributed by atoms with Crippen molar-refractivity contribution in [1.82, 2.24) is 10.3 Å². The number of hydrogen-bond donors (Lipinski definition) is 2. The molecule has 24 heavy (non-hydrogen) atoms. The van der Waals surface area contributed by atoms with Crippen LogP contribution in [-0.4, -0.2) is 37.1 Å². The Morgan fingerprint density at radius 1 is 1.17 bits per heavy atom. The van der Waals surface area contributed by atoms with E-state index in [4.69, 9.17) is 16.3 Å². The summed E-state index contributed by atoms with van der Waals surface area (Å²) in [6.45, 7) is 2.67. The minimum Gasteiger partial charge on any atom is -0.383 e. The van der Waals surface area contributed by atoms with Gasteiger partial charge in [-0.15, -0.1) is 0 Å². The van der Waals surface area contributed by atoms with Crippen molar-refractivity contribution in [1.29, 1.82) is 0 Å². The van der Waals surface area contributed by atoms with E-state index in [2.05, 4.69) is 15.6 Å². The molecule has 0 saturated heterocycles. The highest BCUT2D eigenvalue weighted by Gasteiger charge is 2.12. The van der Waals surface area contributed by atoms with Crippen molar-refractivity contribution >= 4 is 29.1 Å². The number of rotatable bonds is 6. The summed E-state index contributed by atoms with van der Waals surface area (Å²) in [4.78, 5) is 28.2. The standard InChI is InChI=1S/C17H18ClN3O3/c1-11-3-4-14(8-15(11)18)21-17(23)13-7-12(9-19-10-13)16(22)20-5-6-24-2/h3-4,7-10H,5-6H2,1-2H3,(H,20,22)(H,21,23). The lowest BCUT2D eigenvalue weighted by atomic mass is 10.1. The molecule has 7 heteroatoms. The third kappa shape index (κ3) is 4.78. The van der Waals surface area contributed by atoms with Crippen LogP contribution in [0.25, 0.3) is 0 Å². The van der Waals surface area contributed by atoms with Crippen LogP contribution in [0, 0.1) is 6.92 Å². The van der Waals surface area contributed by atoms with Crippen molar-refractivity contribution in [2.45, 2.75) is 6.92 Å². The van der Waals surface area contributed by atoms with Gasteiger partial charge >= 0.3 is 0 Å². The van der Waals surface area contributed by atoms with E-state index in [0.29, 0.717) is 29.4 Å². The molecule has 2 N–H and O–H groups in total. The molecule has 1 aromatic carbocycles. The van der Waals surface area contributed by atoms with Crippen molar-refractivity contribution in [3.05, 3.63) is 58.4 Å². The highest BCUT2D eigenvalue weighted by Crippen LogP contribution is 2.20. The zero-order valence-electron chi connectivity index (χ0n) is 13.4. The van der Waals surface area contributed by atoms with Crippen LogP contribution >= 0.6 is 11.6 Å². The van der Waals surface area contributed by atoms with Crippen LogP contribution in [0.2, 0.25) is 5.02 Å². The number of anilines is 1. The highest BCUT2D eigenvalue weighted by molar-refractivity contribution is 6.31. The van der Waals surface area contributed by atoms with Gasteiger partial charge in [0.25, 0.3) is 11.8 Å². The number of methoxy groups -OCH3 is 1. The Morgan fingerprint density at radius 3 is 2.54 bits per heavy atom. The Hall–Kier alpha value is -2.44. The lowest BCUT2D eigenvalue weighted by Gasteiger charge is -2.08. The lowest BCUT2D eigenvalue weighted by molar-refractivity contribution is 0.0936. The molecule has 0 bridgehead atoms. The number of hydrogen-bond acceptors (Lipinski definition) is 4. The first-order valence-corrected chi connectivity index (χ1v) is 7.68. The molecular formula is C17H18ClN3O3. The molecule has 2 aromatic rings. The Kier molecular flexibility index (Phi) is 6.28. The summed E-state index contributed by atoms with van der Waals surface area (Å²) >= 11 is 6.04. The largest absolute Gasteiger partial charge is 0.383 e. The molecule has 0 saturated carbocycles. The zero-order chi connectivity index (χ0) is 17.5. The maximum atomic E-state index is 12.3. The number of benzene rings is 1. The Morgan fingerprint density at radius 2 is 1.88 bits per heavy atom. The molecule has 0 aliphatic rings. The second-order valence-corrected chi connectivity index (χ2v) is 5.54. The predicted molar refractivity (Wildman–Crippen MR) is 92.6 cm³/mol. The van der Waals surface area contributed by atoms with Gasteiger partial charge in [0.15, 0.2) is 0 Å². The van der Waals surface area contributed by atoms with E-state index in [1.807, 2.05) is 13.0 Å². The van der Waals surface area contributed by atoms with Gasteiger partial charge in [-0.25, -0.2) is 0 Å². The lowest BCUT2D eigenvalue weighted by Crippen LogP contribution is -2.27. The first-order chi connectivity index (χ1) is 11.5. The summed E-state index contributed by atoms with van der Waals surface area (Å²) in [7, 11) is 1.55. The normalized spacial score (nSPS) is 10.3. The Labute approximate surface area is 145 Å². The molecule has 2 amide bonds. The Balaban J connectivity index is 2.08. The average Bonchev–Trinajstić information content (AvgIpc) is 2.58. The fourth-order valence-corrected chi connectivity index (χ4v) is 2.11. The van der Waals surface area contributed by atoms with Crippen LogP contribution in [0.4, 0.5) is 5.69 Å². The second-order valence-electron chi connectivity index (χ2n) is 5.13. The second kappa shape index (κ2) is 8.42. The highest BCUT2D eigenvalue weighted by atomic mass is 35.5. The van der Waals surface area contributed by atoms with Crippen LogP contribution in [0.15, 0.2) is 36.7 Å². The van der Waals surface area contributed by atoms with Gasteiger partial charge in [-0.05, 0) is 30.7 Å². The number of aryl methyl sites for hydroxylation is 1. The molecule has 1 aromatic heterocycles. The SMILES string of the molecule is COCCNC(=O)c1cncc(C(=O)Nc2ccc(C)c(Cl)c2)c1. The third-order valence-corrected chi connectivity index (χ3v) is 3.69. The molecule has 0 atom stereocenters. The number of ether oxygens (including phenoxy) is 1. The minimum absolute atomic E-state index is 0.283. The first kappa shape index (κ1) is 17.9. The van der Waals surface area contributed by atoms with Gasteiger partial charge in [0.1, 0.15) is 0 Å². The van der Waals surface area contributed by atoms with Crippen LogP contribution in [0.3, 0.4) is 0 Å². The van der Waals surface area contributed by atoms with Gasteiger partial charge in [0.2, 0.25) is 0 Å². The number of amides is 2. The molecular weight excluding hydrogens is 330 g/mol. The topological polar surface area (TPSA) is 80.3 Å². The van der Waals surface area contributed by atoms with E-state index >= 15 is 0 Å². The predicted octanol–water partition coefficient (Wildman–Crippen LogP) is 2.67. The van der Waals surface area contributed by atoms with Gasteiger partial charge in [-0.1, -0.05) is 17.7 Å². The molecule has 0 aliphatic heterocycles. The smallest absolute Gasteiger partial charge is 0.257 e. The molecule has 126 valence electrons. The van der Waals surface area contributed by atoms with E-state index in [1.165, 1.54) is 18.5 Å². The zero-order valence-corrected chi connectivity index (χ0v) is 14.2. The van der Waals surface area contributed by atoms with Gasteiger partial charge < -0.3 is 15.4 Å². The maximum Gasteiger partial charge on any atom is 0.257 e. The molecule has 2 rings (SSSR count). The summed E-state index contributed by atoms with van der Waals surface area (Å²) in [5, 5.41) is 5.97. The van der Waals surface area contributed by atoms with Crippen molar-refractivity contribution < 1.29 is 14.3 Å². The quantitative estimate of drug-likeness (QED) is 0.787. The molecule has 0 radical (unpaired) electrons. The summed E-state index contributed by atoms with van der Waals surface area (Å²) in [5.41, 5.74) is 2.09. The fraction of sp³-hybridized carbons (Fsp3) is 0.235. The van der Waals surface area contributed by atoms with E-state index < -0.39 is 0 Å². The fourth-order valence-electron chi connectivity index (χ4n) is 1.93. The monoisotopic (exact) mass is 347 g/mol. The van der Waals surface area contributed by atoms with Crippen molar-refractivity contribution in [2.24, 2.45) is 0 Å². The average molecular weight is 348 g/mol. The molecule has 6 nitrogen and oxygen atoms in total. The minimum atomic E-state index is -0.367. The van der Waals surface area contributed by atoms with E-state index in [-0.39, 0.29) is 17.4 Å². The van der Waals surface area contributed by atoms with E-state index in [0.717, 1.165) is 5.56 Å². The van der Waals surface area contributed by atoms with Gasteiger partial charge in [0, 0.05) is 36.8 Å². The number of halogens is 1. The van der Waals surface area contributed by atoms with Crippen molar-refractivity contribution in [3.63, 3.8) is 0 Å². The number of pyridine rings is 1. The molecule has 0 aliphatic carbocycles. The van der Waals surface area contributed by atoms with Gasteiger partial charge in [-0.2, -0.15) is 0 Å². The summed E-state index contributed by atoms with van der Waals surface area (Å²) in [6, 6.07) is 6.73. The number of nitrogens with one attached hydrogen (secondary N) is 2. The molecule has 0 fully saturated rings. The van der Waals surface area contributed by atoms with Crippen LogP contribution in [0.5, 0.6) is 0 Å². The van der Waals surface area contributed by atoms with E-state index in [9.17, 15) is 9.59 Å². The van der Waals surface area contributed by atoms with E-state index in [1.54, 1.807) is 19.2 Å². The van der Waals surface area contributed by atoms with Crippen LogP contribution in [-0.2, 0) is 4.74 Å². The number of nitrogens with zero attached hydrogens (tertiary/aromatic N) is 1. The summed E-state index contributed by atoms with van der Waals surface area (Å²) in [5.74, 6) is -0.679. The molecule has 0 unspecified atom stereocenters. The third-order valence-electron chi connectivity index (χ3n) is 3.28. The van der Waals surface area contributed by atoms with Crippen molar-refractivity contribution in [3.8, 4) is 0 Å². The number of aromatic nitrogens is 1. The van der Waals surface area contributed by atoms with Crippen LogP contribution < -0.4 is 10.6 Å². The Bertz CT molecular complexity index is 750.